The van der Waals surface area contributed by atoms with Crippen LogP contribution in [-0.2, 0) is 19.1 Å². The number of hydrogen-bond acceptors (Lipinski definition) is 4. The second-order valence-electron chi connectivity index (χ2n) is 4.60. The molecule has 0 saturated carbocycles. The van der Waals surface area contributed by atoms with Gasteiger partial charge in [0.15, 0.2) is 0 Å². The predicted octanol–water partition coefficient (Wildman–Crippen LogP) is 0.182. The summed E-state index contributed by atoms with van der Waals surface area (Å²) in [5.41, 5.74) is -0.484. The number of ether oxygens (including phenoxy) is 2. The molecule has 3 saturated heterocycles. The highest BCUT2D eigenvalue weighted by Gasteiger charge is 2.64. The van der Waals surface area contributed by atoms with Gasteiger partial charge in [-0.1, -0.05) is 0 Å². The number of carbonyl (C=O) groups is 2. The maximum absolute atomic E-state index is 11.2. The lowest BCUT2D eigenvalue weighted by atomic mass is 9.69. The Morgan fingerprint density at radius 1 is 1.53 bits per heavy atom. The lowest BCUT2D eigenvalue weighted by Gasteiger charge is -2.37. The van der Waals surface area contributed by atoms with Crippen molar-refractivity contribution in [2.24, 2.45) is 11.8 Å². The smallest absolute Gasteiger partial charge is 0.309 e. The third-order valence-electron chi connectivity index (χ3n) is 3.90. The van der Waals surface area contributed by atoms with Crippen molar-refractivity contribution in [3.63, 3.8) is 0 Å². The summed E-state index contributed by atoms with van der Waals surface area (Å²) in [5.74, 6) is -1.85. The summed E-state index contributed by atoms with van der Waals surface area (Å²) < 4.78 is 10.7. The average Bonchev–Trinajstić information content (AvgIpc) is 2.70. The minimum atomic E-state index is -0.846. The monoisotopic (exact) mass is 212 g/mol. The average molecular weight is 212 g/mol. The maximum atomic E-state index is 11.2. The number of carboxylic acids is 1. The van der Waals surface area contributed by atoms with E-state index in [4.69, 9.17) is 14.6 Å². The molecule has 3 aliphatic rings. The molecule has 0 aromatic carbocycles. The molecule has 0 aromatic heterocycles. The summed E-state index contributed by atoms with van der Waals surface area (Å²) in [6, 6.07) is 0. The van der Waals surface area contributed by atoms with Gasteiger partial charge < -0.3 is 14.6 Å². The van der Waals surface area contributed by atoms with Gasteiger partial charge in [0.1, 0.15) is 12.2 Å². The van der Waals surface area contributed by atoms with Crippen LogP contribution in [0.25, 0.3) is 0 Å². The van der Waals surface area contributed by atoms with Gasteiger partial charge in [0, 0.05) is 5.92 Å². The Balaban J connectivity index is 1.95. The standard InChI is InChI=1S/C10H12O5/c11-7-3-5-8(9(12)13)6-1-2-10(5,15-6)4-14-7/h5-6,8H,1-4H2,(H,12,13)/t5-,6+,8+,10-/m0/s1. The molecule has 0 radical (unpaired) electrons. The van der Waals surface area contributed by atoms with Crippen LogP contribution in [0.5, 0.6) is 0 Å². The molecule has 2 bridgehead atoms. The van der Waals surface area contributed by atoms with Crippen molar-refractivity contribution < 1.29 is 24.2 Å². The number of aliphatic carboxylic acids is 1. The Kier molecular flexibility index (Phi) is 1.66. The van der Waals surface area contributed by atoms with Crippen LogP contribution < -0.4 is 0 Å². The quantitative estimate of drug-likeness (QED) is 0.628. The highest BCUT2D eigenvalue weighted by molar-refractivity contribution is 5.76. The van der Waals surface area contributed by atoms with Gasteiger partial charge >= 0.3 is 11.9 Å². The van der Waals surface area contributed by atoms with E-state index in [1.165, 1.54) is 0 Å². The molecule has 1 N–H and O–H groups in total. The van der Waals surface area contributed by atoms with Gasteiger partial charge in [-0.05, 0) is 12.8 Å². The molecule has 15 heavy (non-hydrogen) atoms. The van der Waals surface area contributed by atoms with E-state index in [2.05, 4.69) is 0 Å². The van der Waals surface area contributed by atoms with Crippen molar-refractivity contribution in [3.8, 4) is 0 Å². The minimum Gasteiger partial charge on any atom is -0.481 e. The zero-order valence-corrected chi connectivity index (χ0v) is 8.14. The molecule has 3 fully saturated rings. The number of fused-ring (bicyclic) bond motifs is 1. The Morgan fingerprint density at radius 2 is 2.33 bits per heavy atom. The zero-order valence-electron chi connectivity index (χ0n) is 8.14. The first-order valence-corrected chi connectivity index (χ1v) is 5.19. The van der Waals surface area contributed by atoms with E-state index in [0.717, 1.165) is 12.8 Å². The Morgan fingerprint density at radius 3 is 3.07 bits per heavy atom. The highest BCUT2D eigenvalue weighted by Crippen LogP contribution is 2.54. The fraction of sp³-hybridized carbons (Fsp3) is 0.800. The van der Waals surface area contributed by atoms with Crippen molar-refractivity contribution >= 4 is 11.9 Å². The Hall–Kier alpha value is -1.10. The van der Waals surface area contributed by atoms with Gasteiger partial charge in [-0.2, -0.15) is 0 Å². The van der Waals surface area contributed by atoms with Crippen LogP contribution >= 0.6 is 0 Å². The first-order valence-electron chi connectivity index (χ1n) is 5.19. The minimum absolute atomic E-state index is 0.185. The van der Waals surface area contributed by atoms with Crippen molar-refractivity contribution in [1.82, 2.24) is 0 Å². The van der Waals surface area contributed by atoms with E-state index >= 15 is 0 Å². The van der Waals surface area contributed by atoms with E-state index in [0.29, 0.717) is 0 Å². The second kappa shape index (κ2) is 2.72. The topological polar surface area (TPSA) is 72.8 Å². The van der Waals surface area contributed by atoms with Gasteiger partial charge in [0.2, 0.25) is 0 Å². The predicted molar refractivity (Wildman–Crippen MR) is 47.0 cm³/mol. The number of rotatable bonds is 1. The molecule has 3 rings (SSSR count). The van der Waals surface area contributed by atoms with E-state index in [1.54, 1.807) is 0 Å². The summed E-state index contributed by atoms with van der Waals surface area (Å²) in [7, 11) is 0. The Labute approximate surface area is 86.4 Å². The van der Waals surface area contributed by atoms with Gasteiger partial charge in [0.25, 0.3) is 0 Å². The number of esters is 1. The number of hydrogen-bond donors (Lipinski definition) is 1. The molecule has 3 heterocycles. The van der Waals surface area contributed by atoms with E-state index in [1.807, 2.05) is 0 Å². The van der Waals surface area contributed by atoms with Gasteiger partial charge in [-0.3, -0.25) is 9.59 Å². The molecule has 0 aromatic rings. The first kappa shape index (κ1) is 9.15. The summed E-state index contributed by atoms with van der Waals surface area (Å²) in [6.45, 7) is 0.233. The van der Waals surface area contributed by atoms with Crippen LogP contribution in [-0.4, -0.2) is 35.4 Å². The molecule has 5 nitrogen and oxygen atoms in total. The molecule has 0 aliphatic carbocycles. The molecule has 4 atom stereocenters. The largest absolute Gasteiger partial charge is 0.481 e. The van der Waals surface area contributed by atoms with Crippen molar-refractivity contribution in [2.75, 3.05) is 6.61 Å². The molecular weight excluding hydrogens is 200 g/mol. The van der Waals surface area contributed by atoms with Crippen LogP contribution in [0.15, 0.2) is 0 Å². The Bertz CT molecular complexity index is 339. The maximum Gasteiger partial charge on any atom is 0.309 e. The van der Waals surface area contributed by atoms with E-state index < -0.39 is 17.5 Å². The van der Waals surface area contributed by atoms with Crippen LogP contribution in [0.2, 0.25) is 0 Å². The number of carbonyl (C=O) groups excluding carboxylic acids is 1. The summed E-state index contributed by atoms with van der Waals surface area (Å²) in [4.78, 5) is 22.3. The van der Waals surface area contributed by atoms with Crippen LogP contribution in [0.3, 0.4) is 0 Å². The molecule has 5 heteroatoms. The first-order chi connectivity index (χ1) is 7.12. The van der Waals surface area contributed by atoms with Gasteiger partial charge in [-0.25, -0.2) is 0 Å². The normalized spacial score (nSPS) is 47.5. The van der Waals surface area contributed by atoms with Crippen molar-refractivity contribution in [3.05, 3.63) is 0 Å². The fourth-order valence-corrected chi connectivity index (χ4v) is 3.22. The summed E-state index contributed by atoms with van der Waals surface area (Å²) in [5, 5.41) is 9.13. The van der Waals surface area contributed by atoms with E-state index in [-0.39, 0.29) is 31.0 Å². The van der Waals surface area contributed by atoms with Gasteiger partial charge in [0.05, 0.1) is 18.4 Å². The van der Waals surface area contributed by atoms with Crippen LogP contribution in [0.1, 0.15) is 19.3 Å². The molecule has 82 valence electrons. The summed E-state index contributed by atoms with van der Waals surface area (Å²) >= 11 is 0. The number of cyclic esters (lactones) is 1. The second-order valence-corrected chi connectivity index (χ2v) is 4.60. The molecule has 3 aliphatic heterocycles. The van der Waals surface area contributed by atoms with E-state index in [9.17, 15) is 9.59 Å². The fourth-order valence-electron chi connectivity index (χ4n) is 3.22. The third kappa shape index (κ3) is 1.07. The zero-order chi connectivity index (χ0) is 10.6. The third-order valence-corrected chi connectivity index (χ3v) is 3.90. The lowest BCUT2D eigenvalue weighted by molar-refractivity contribution is -0.167. The van der Waals surface area contributed by atoms with Crippen LogP contribution in [0.4, 0.5) is 0 Å². The lowest BCUT2D eigenvalue weighted by Crippen LogP contribution is -2.49. The molecular formula is C10H12O5. The van der Waals surface area contributed by atoms with Crippen LogP contribution in [0, 0.1) is 11.8 Å². The highest BCUT2D eigenvalue weighted by atomic mass is 16.6. The van der Waals surface area contributed by atoms with Crippen molar-refractivity contribution in [2.45, 2.75) is 31.0 Å². The molecule has 1 spiro atoms. The molecule has 0 unspecified atom stereocenters. The van der Waals surface area contributed by atoms with Crippen molar-refractivity contribution in [1.29, 1.82) is 0 Å². The summed E-state index contributed by atoms with van der Waals surface area (Å²) in [6.07, 6.45) is 1.56. The van der Waals surface area contributed by atoms with Gasteiger partial charge in [-0.15, -0.1) is 0 Å². The molecule has 0 amide bonds. The number of carboxylic acid groups (broad SMARTS) is 1. The SMILES string of the molecule is O=C1C[C@H]2[C@@H](C(=O)O)[C@H]3CC[C@@]2(CO1)O3.